The first kappa shape index (κ1) is 24.6. The van der Waals surface area contributed by atoms with E-state index in [0.29, 0.717) is 30.7 Å². The molecule has 2 fully saturated rings. The summed E-state index contributed by atoms with van der Waals surface area (Å²) in [6.45, 7) is 8.36. The normalized spacial score (nSPS) is 17.1. The van der Waals surface area contributed by atoms with Gasteiger partial charge in [-0.1, -0.05) is 11.8 Å². The largest absolute Gasteiger partial charge is 0.495 e. The summed E-state index contributed by atoms with van der Waals surface area (Å²) in [7, 11) is 1.63. The first-order chi connectivity index (χ1) is 16.4. The molecule has 1 amide bonds. The number of fused-ring (bicyclic) bond motifs is 1. The number of amides is 1. The molecule has 0 unspecified atom stereocenters. The number of hydrogen-bond acceptors (Lipinski definition) is 6. The second kappa shape index (κ2) is 11.2. The zero-order valence-corrected chi connectivity index (χ0v) is 21.1. The number of aromatic nitrogens is 2. The maximum Gasteiger partial charge on any atom is 0.224 e. The summed E-state index contributed by atoms with van der Waals surface area (Å²) in [5.41, 5.74) is 1.45. The van der Waals surface area contributed by atoms with Gasteiger partial charge < -0.3 is 19.9 Å². The highest BCUT2D eigenvalue weighted by Gasteiger charge is 2.22. The summed E-state index contributed by atoms with van der Waals surface area (Å²) >= 11 is 6.28. The zero-order chi connectivity index (χ0) is 24.1. The van der Waals surface area contributed by atoms with Crippen LogP contribution in [0.5, 0.6) is 5.75 Å². The summed E-state index contributed by atoms with van der Waals surface area (Å²) in [6, 6.07) is 4.72. The van der Waals surface area contributed by atoms with E-state index in [9.17, 15) is 4.79 Å². The van der Waals surface area contributed by atoms with Gasteiger partial charge in [0.1, 0.15) is 11.6 Å². The Kier molecular flexibility index (Phi) is 8.12. The minimum atomic E-state index is 0.187. The van der Waals surface area contributed by atoms with E-state index in [1.807, 2.05) is 17.0 Å². The maximum absolute atomic E-state index is 12.2. The summed E-state index contributed by atoms with van der Waals surface area (Å²) in [5.74, 6) is 7.87. The number of carbonyl (C=O) groups excluding carboxylic acids is 1. The first-order valence-electron chi connectivity index (χ1n) is 12.3. The van der Waals surface area contributed by atoms with Crippen molar-refractivity contribution in [1.29, 1.82) is 0 Å². The number of nitrogens with one attached hydrogen (secondary N) is 1. The number of rotatable bonds is 6. The summed E-state index contributed by atoms with van der Waals surface area (Å²) in [6.07, 6.45) is 5.27. The third-order valence-electron chi connectivity index (χ3n) is 6.74. The fourth-order valence-corrected chi connectivity index (χ4v) is 4.88. The predicted molar refractivity (Wildman–Crippen MR) is 136 cm³/mol. The van der Waals surface area contributed by atoms with E-state index in [1.54, 1.807) is 7.11 Å². The summed E-state index contributed by atoms with van der Waals surface area (Å²) in [4.78, 5) is 25.6. The average molecular weight is 484 g/mol. The molecule has 8 heteroatoms. The molecule has 0 radical (unpaired) electrons. The average Bonchev–Trinajstić information content (AvgIpc) is 3.37. The quantitative estimate of drug-likeness (QED) is 0.487. The van der Waals surface area contributed by atoms with Gasteiger partial charge in [-0.25, -0.2) is 9.97 Å². The fraction of sp³-hybridized carbons (Fsp3) is 0.577. The number of piperidine rings is 1. The van der Waals surface area contributed by atoms with Gasteiger partial charge >= 0.3 is 0 Å². The second-order valence-corrected chi connectivity index (χ2v) is 9.69. The lowest BCUT2D eigenvalue weighted by atomic mass is 10.0. The van der Waals surface area contributed by atoms with Gasteiger partial charge in [-0.05, 0) is 63.3 Å². The third-order valence-corrected chi connectivity index (χ3v) is 6.91. The van der Waals surface area contributed by atoms with Gasteiger partial charge in [0.05, 0.1) is 18.2 Å². The summed E-state index contributed by atoms with van der Waals surface area (Å²) in [5, 5.41) is 4.66. The maximum atomic E-state index is 12.2. The van der Waals surface area contributed by atoms with Crippen molar-refractivity contribution in [2.45, 2.75) is 64.5 Å². The van der Waals surface area contributed by atoms with E-state index < -0.39 is 0 Å². The molecule has 0 saturated carbocycles. The van der Waals surface area contributed by atoms with Crippen LogP contribution in [0.15, 0.2) is 12.1 Å². The van der Waals surface area contributed by atoms with E-state index in [4.69, 9.17) is 16.3 Å². The van der Waals surface area contributed by atoms with E-state index >= 15 is 0 Å². The lowest BCUT2D eigenvalue weighted by Crippen LogP contribution is -2.42. The van der Waals surface area contributed by atoms with Crippen LogP contribution in [0, 0.1) is 11.8 Å². The van der Waals surface area contributed by atoms with E-state index in [2.05, 4.69) is 45.9 Å². The Balaban J connectivity index is 1.49. The molecule has 1 aromatic heterocycles. The van der Waals surface area contributed by atoms with Crippen LogP contribution in [-0.4, -0.2) is 71.0 Å². The van der Waals surface area contributed by atoms with Crippen molar-refractivity contribution in [2.75, 3.05) is 38.6 Å². The number of anilines is 1. The standard InChI is InChI=1S/C26H34ClN5O2/c1-18(2)31-14-10-20(11-15-31)28-25-21-17-23(34-3)19(16-22(21)29-26(27)30-25)8-4-5-9-24(33)32-12-6-7-13-32/h16-18,20H,5-7,9-15H2,1-3H3,(H,28,29,30). The van der Waals surface area contributed by atoms with Crippen molar-refractivity contribution < 1.29 is 9.53 Å². The molecule has 7 nitrogen and oxygen atoms in total. The number of nitrogens with zero attached hydrogens (tertiary/aromatic N) is 4. The smallest absolute Gasteiger partial charge is 0.224 e. The van der Waals surface area contributed by atoms with Crippen LogP contribution in [0.25, 0.3) is 10.9 Å². The van der Waals surface area contributed by atoms with Crippen molar-refractivity contribution in [1.82, 2.24) is 19.8 Å². The van der Waals surface area contributed by atoms with Gasteiger partial charge in [-0.15, -0.1) is 0 Å². The van der Waals surface area contributed by atoms with Gasteiger partial charge in [0.15, 0.2) is 0 Å². The molecule has 0 spiro atoms. The minimum Gasteiger partial charge on any atom is -0.495 e. The zero-order valence-electron chi connectivity index (χ0n) is 20.4. The van der Waals surface area contributed by atoms with Crippen LogP contribution in [0.4, 0.5) is 5.82 Å². The molecule has 2 saturated heterocycles. The van der Waals surface area contributed by atoms with Crippen molar-refractivity contribution in [3.05, 3.63) is 23.0 Å². The van der Waals surface area contributed by atoms with Crippen molar-refractivity contribution in [3.63, 3.8) is 0 Å². The fourth-order valence-electron chi connectivity index (χ4n) is 4.71. The Morgan fingerprint density at radius 3 is 2.62 bits per heavy atom. The second-order valence-electron chi connectivity index (χ2n) is 9.35. The van der Waals surface area contributed by atoms with E-state index in [-0.39, 0.29) is 11.2 Å². The number of ether oxygens (including phenoxy) is 1. The highest BCUT2D eigenvalue weighted by Crippen LogP contribution is 2.31. The molecule has 1 N–H and O–H groups in total. The molecule has 4 rings (SSSR count). The van der Waals surface area contributed by atoms with E-state index in [1.165, 1.54) is 0 Å². The Morgan fingerprint density at radius 2 is 1.94 bits per heavy atom. The van der Waals surface area contributed by atoms with Gasteiger partial charge in [-0.3, -0.25) is 4.79 Å². The molecule has 3 heterocycles. The molecule has 0 atom stereocenters. The topological polar surface area (TPSA) is 70.6 Å². The van der Waals surface area contributed by atoms with Gasteiger partial charge in [0, 0.05) is 56.5 Å². The molecule has 0 bridgehead atoms. The van der Waals surface area contributed by atoms with Crippen molar-refractivity contribution in [3.8, 4) is 17.6 Å². The number of benzene rings is 1. The van der Waals surface area contributed by atoms with Gasteiger partial charge in [-0.2, -0.15) is 0 Å². The van der Waals surface area contributed by atoms with E-state index in [0.717, 1.165) is 74.1 Å². The molecular formula is C26H34ClN5O2. The highest BCUT2D eigenvalue weighted by molar-refractivity contribution is 6.28. The van der Waals surface area contributed by atoms with Crippen molar-refractivity contribution in [2.24, 2.45) is 0 Å². The van der Waals surface area contributed by atoms with Crippen LogP contribution >= 0.6 is 11.6 Å². The molecule has 1 aromatic carbocycles. The molecule has 2 aliphatic rings. The number of methoxy groups -OCH3 is 1. The molecule has 2 aromatic rings. The van der Waals surface area contributed by atoms with Gasteiger partial charge in [0.2, 0.25) is 11.2 Å². The number of halogens is 1. The third kappa shape index (κ3) is 5.92. The molecule has 34 heavy (non-hydrogen) atoms. The van der Waals surface area contributed by atoms with Crippen molar-refractivity contribution >= 4 is 34.2 Å². The lowest BCUT2D eigenvalue weighted by molar-refractivity contribution is -0.129. The molecular weight excluding hydrogens is 450 g/mol. The molecule has 2 aliphatic heterocycles. The lowest BCUT2D eigenvalue weighted by Gasteiger charge is -2.35. The van der Waals surface area contributed by atoms with Crippen LogP contribution in [-0.2, 0) is 4.79 Å². The van der Waals surface area contributed by atoms with Crippen LogP contribution < -0.4 is 10.1 Å². The Bertz CT molecular complexity index is 1080. The number of likely N-dealkylation sites (tertiary alicyclic amines) is 2. The van der Waals surface area contributed by atoms with Gasteiger partial charge in [0.25, 0.3) is 0 Å². The van der Waals surface area contributed by atoms with Crippen LogP contribution in [0.2, 0.25) is 5.28 Å². The summed E-state index contributed by atoms with van der Waals surface area (Å²) < 4.78 is 5.63. The Morgan fingerprint density at radius 1 is 1.21 bits per heavy atom. The van der Waals surface area contributed by atoms with Crippen LogP contribution in [0.3, 0.4) is 0 Å². The Hall–Kier alpha value is -2.56. The minimum absolute atomic E-state index is 0.187. The first-order valence-corrected chi connectivity index (χ1v) is 12.6. The highest BCUT2D eigenvalue weighted by atomic mass is 35.5. The SMILES string of the molecule is COc1cc2c(NC3CCN(C(C)C)CC3)nc(Cl)nc2cc1C#CCCC(=O)N1CCCC1. The predicted octanol–water partition coefficient (Wildman–Crippen LogP) is 4.33. The monoisotopic (exact) mass is 483 g/mol. The molecule has 182 valence electrons. The Labute approximate surface area is 207 Å². The number of hydrogen-bond donors (Lipinski definition) is 1. The van der Waals surface area contributed by atoms with Crippen LogP contribution in [0.1, 0.15) is 57.9 Å². The number of carbonyl (C=O) groups is 1. The molecule has 0 aliphatic carbocycles.